The molecule has 0 saturated carbocycles. The summed E-state index contributed by atoms with van der Waals surface area (Å²) in [6.07, 6.45) is 2.16. The molecule has 3 N–H and O–H groups in total. The fourth-order valence-corrected chi connectivity index (χ4v) is 4.30. The van der Waals surface area contributed by atoms with Crippen LogP contribution in [0.15, 0.2) is 60.7 Å². The molecule has 2 fully saturated rings. The molecule has 0 bridgehead atoms. The second-order valence-electron chi connectivity index (χ2n) is 8.20. The molecule has 2 saturated heterocycles. The Bertz CT molecular complexity index is 884. The van der Waals surface area contributed by atoms with Crippen LogP contribution < -0.4 is 15.6 Å². The molecule has 2 aromatic carbocycles. The Balaban J connectivity index is 1.57. The molecule has 2 aromatic rings. The van der Waals surface area contributed by atoms with Crippen molar-refractivity contribution in [3.63, 3.8) is 0 Å². The molecule has 2 aliphatic rings. The van der Waals surface area contributed by atoms with E-state index in [2.05, 4.69) is 17.7 Å². The van der Waals surface area contributed by atoms with Crippen molar-refractivity contribution in [3.8, 4) is 0 Å². The van der Waals surface area contributed by atoms with E-state index in [0.29, 0.717) is 17.0 Å². The first kappa shape index (κ1) is 20.1. The maximum atomic E-state index is 13.5. The van der Waals surface area contributed by atoms with Crippen molar-refractivity contribution in [2.75, 3.05) is 19.6 Å². The molecule has 7 heteroatoms. The number of urea groups is 1. The van der Waals surface area contributed by atoms with Gasteiger partial charge < -0.3 is 10.2 Å². The number of carbonyl (C=O) groups excluding carboxylic acids is 3. The van der Waals surface area contributed by atoms with E-state index >= 15 is 0 Å². The Morgan fingerprint density at radius 3 is 2.10 bits per heavy atom. The molecule has 0 aliphatic carbocycles. The van der Waals surface area contributed by atoms with Gasteiger partial charge in [-0.15, -0.1) is 0 Å². The van der Waals surface area contributed by atoms with Gasteiger partial charge in [0.25, 0.3) is 11.8 Å². The van der Waals surface area contributed by atoms with E-state index in [0.717, 1.165) is 30.9 Å². The minimum absolute atomic E-state index is 0.244. The fraction of sp³-hybridized carbons (Fsp3) is 0.348. The van der Waals surface area contributed by atoms with E-state index in [-0.39, 0.29) is 12.5 Å². The Morgan fingerprint density at radius 1 is 1.03 bits per heavy atom. The van der Waals surface area contributed by atoms with Crippen LogP contribution in [0.5, 0.6) is 0 Å². The molecular weight excluding hydrogens is 380 g/mol. The zero-order valence-electron chi connectivity index (χ0n) is 17.1. The lowest BCUT2D eigenvalue weighted by Crippen LogP contribution is -3.14. The number of hydrogen-bond donors (Lipinski definition) is 3. The zero-order valence-corrected chi connectivity index (χ0v) is 17.1. The summed E-state index contributed by atoms with van der Waals surface area (Å²) >= 11 is 0. The molecule has 7 nitrogen and oxygen atoms in total. The smallest absolute Gasteiger partial charge is 0.327 e. The van der Waals surface area contributed by atoms with Crippen molar-refractivity contribution in [3.05, 3.63) is 71.8 Å². The number of rotatable bonds is 5. The quantitative estimate of drug-likeness (QED) is 0.642. The average Bonchev–Trinajstić information content (AvgIpc) is 3.02. The summed E-state index contributed by atoms with van der Waals surface area (Å²) in [5.41, 5.74) is 2.45. The number of amides is 4. The second kappa shape index (κ2) is 8.28. The molecule has 2 aliphatic heterocycles. The summed E-state index contributed by atoms with van der Waals surface area (Å²) in [5, 5.41) is 3.66. The second-order valence-corrected chi connectivity index (χ2v) is 8.20. The van der Waals surface area contributed by atoms with Crippen LogP contribution in [0.2, 0.25) is 0 Å². The van der Waals surface area contributed by atoms with E-state index in [9.17, 15) is 14.4 Å². The summed E-state index contributed by atoms with van der Waals surface area (Å²) in [6.45, 7) is 4.31. The summed E-state index contributed by atoms with van der Waals surface area (Å²) in [7, 11) is 0. The molecule has 0 aromatic heterocycles. The SMILES string of the molecule is CC1CC[NH+](CC(=O)NN2C(=O)NC(c3ccccc3)(c3ccccc3)C2=O)CC1. The van der Waals surface area contributed by atoms with Crippen LogP contribution in [-0.2, 0) is 15.1 Å². The molecule has 30 heavy (non-hydrogen) atoms. The summed E-state index contributed by atoms with van der Waals surface area (Å²) < 4.78 is 0. The third-order valence-electron chi connectivity index (χ3n) is 6.06. The molecule has 0 unspecified atom stereocenters. The van der Waals surface area contributed by atoms with E-state index in [4.69, 9.17) is 0 Å². The lowest BCUT2D eigenvalue weighted by molar-refractivity contribution is -0.898. The molecule has 4 rings (SSSR count). The molecule has 0 atom stereocenters. The van der Waals surface area contributed by atoms with E-state index in [1.54, 1.807) is 24.3 Å². The number of likely N-dealkylation sites (tertiary alicyclic amines) is 1. The van der Waals surface area contributed by atoms with Crippen molar-refractivity contribution in [2.45, 2.75) is 25.3 Å². The van der Waals surface area contributed by atoms with E-state index in [1.165, 1.54) is 4.90 Å². The Hall–Kier alpha value is -3.19. The highest BCUT2D eigenvalue weighted by atomic mass is 16.2. The maximum absolute atomic E-state index is 13.5. The van der Waals surface area contributed by atoms with Crippen LogP contribution in [0, 0.1) is 5.92 Å². The average molecular weight is 407 g/mol. The van der Waals surface area contributed by atoms with Crippen LogP contribution in [-0.4, -0.2) is 42.5 Å². The van der Waals surface area contributed by atoms with Crippen LogP contribution in [0.1, 0.15) is 30.9 Å². The van der Waals surface area contributed by atoms with Gasteiger partial charge in [0.15, 0.2) is 12.1 Å². The van der Waals surface area contributed by atoms with Gasteiger partial charge in [-0.2, -0.15) is 5.01 Å². The van der Waals surface area contributed by atoms with Gasteiger partial charge in [0.05, 0.1) is 13.1 Å². The van der Waals surface area contributed by atoms with Crippen molar-refractivity contribution in [1.29, 1.82) is 0 Å². The van der Waals surface area contributed by atoms with Gasteiger partial charge in [-0.3, -0.25) is 15.0 Å². The highest BCUT2D eigenvalue weighted by Gasteiger charge is 2.54. The summed E-state index contributed by atoms with van der Waals surface area (Å²) in [4.78, 5) is 40.1. The largest absolute Gasteiger partial charge is 0.344 e. The standard InChI is InChI=1S/C23H26N4O3/c1-17-12-14-26(15-13-17)16-20(28)25-27-21(29)23(24-22(27)30,18-8-4-2-5-9-18)19-10-6-3-7-11-19/h2-11,17H,12-16H2,1H3,(H,24,30)(H,25,28)/p+1. The van der Waals surface area contributed by atoms with E-state index in [1.807, 2.05) is 36.4 Å². The number of hydrazine groups is 1. The van der Waals surface area contributed by atoms with Crippen molar-refractivity contribution < 1.29 is 19.3 Å². The monoisotopic (exact) mass is 407 g/mol. The highest BCUT2D eigenvalue weighted by Crippen LogP contribution is 2.35. The molecule has 0 spiro atoms. The first-order valence-corrected chi connectivity index (χ1v) is 10.4. The fourth-order valence-electron chi connectivity index (χ4n) is 4.30. The number of piperidine rings is 1. The van der Waals surface area contributed by atoms with Gasteiger partial charge in [0.1, 0.15) is 0 Å². The zero-order chi connectivity index (χ0) is 21.1. The van der Waals surface area contributed by atoms with Gasteiger partial charge in [-0.1, -0.05) is 67.6 Å². The topological polar surface area (TPSA) is 82.9 Å². The number of imide groups is 1. The first-order chi connectivity index (χ1) is 14.5. The number of benzene rings is 2. The molecule has 2 heterocycles. The summed E-state index contributed by atoms with van der Waals surface area (Å²) in [5.74, 6) is -0.166. The van der Waals surface area contributed by atoms with Crippen LogP contribution >= 0.6 is 0 Å². The van der Waals surface area contributed by atoms with Crippen molar-refractivity contribution in [2.24, 2.45) is 5.92 Å². The third kappa shape index (κ3) is 3.68. The van der Waals surface area contributed by atoms with Gasteiger partial charge in [0.2, 0.25) is 0 Å². The first-order valence-electron chi connectivity index (χ1n) is 10.4. The van der Waals surface area contributed by atoms with E-state index < -0.39 is 17.5 Å². The number of quaternary nitrogens is 1. The number of carbonyl (C=O) groups is 3. The van der Waals surface area contributed by atoms with Gasteiger partial charge >= 0.3 is 6.03 Å². The number of nitrogens with one attached hydrogen (secondary N) is 3. The van der Waals surface area contributed by atoms with Crippen molar-refractivity contribution in [1.82, 2.24) is 15.8 Å². The number of nitrogens with zero attached hydrogens (tertiary/aromatic N) is 1. The van der Waals surface area contributed by atoms with Crippen LogP contribution in [0.4, 0.5) is 4.79 Å². The van der Waals surface area contributed by atoms with Crippen molar-refractivity contribution >= 4 is 17.8 Å². The van der Waals surface area contributed by atoms with Gasteiger partial charge in [-0.25, -0.2) is 4.79 Å². The minimum Gasteiger partial charge on any atom is -0.327 e. The maximum Gasteiger partial charge on any atom is 0.344 e. The van der Waals surface area contributed by atoms with Crippen LogP contribution in [0.3, 0.4) is 0 Å². The number of hydrogen-bond acceptors (Lipinski definition) is 3. The Morgan fingerprint density at radius 2 is 1.57 bits per heavy atom. The predicted octanol–water partition coefficient (Wildman–Crippen LogP) is 0.828. The van der Waals surface area contributed by atoms with Gasteiger partial charge in [0, 0.05) is 0 Å². The minimum atomic E-state index is -1.37. The lowest BCUT2D eigenvalue weighted by Gasteiger charge is -2.28. The summed E-state index contributed by atoms with van der Waals surface area (Å²) in [6, 6.07) is 17.6. The van der Waals surface area contributed by atoms with Gasteiger partial charge in [-0.05, 0) is 29.9 Å². The lowest BCUT2D eigenvalue weighted by atomic mass is 9.83. The molecular formula is C23H27N4O3+. The third-order valence-corrected chi connectivity index (χ3v) is 6.06. The Labute approximate surface area is 176 Å². The molecule has 4 amide bonds. The van der Waals surface area contributed by atoms with Crippen LogP contribution in [0.25, 0.3) is 0 Å². The molecule has 156 valence electrons. The molecule has 0 radical (unpaired) electrons. The normalized spacial score (nSPS) is 23.2. The Kier molecular flexibility index (Phi) is 5.55. The predicted molar refractivity (Wildman–Crippen MR) is 111 cm³/mol. The highest BCUT2D eigenvalue weighted by molar-refractivity contribution is 6.10.